The van der Waals surface area contributed by atoms with Gasteiger partial charge in [-0.1, -0.05) is 96.5 Å². The third-order valence-corrected chi connectivity index (χ3v) is 5.96. The topological polar surface area (TPSA) is 87.0 Å². The maximum atomic E-state index is 11.8. The van der Waals surface area contributed by atoms with Crippen molar-refractivity contribution in [3.05, 3.63) is 23.8 Å². The number of aryl methyl sites for hydroxylation is 1. The molecule has 1 aromatic rings. The molecule has 3 N–H and O–H groups in total. The molecular weight excluding hydrogens is 404 g/mol. The molecule has 5 nitrogen and oxygen atoms in total. The van der Waals surface area contributed by atoms with Crippen LogP contribution >= 0.6 is 0 Å². The molecule has 0 aliphatic heterocycles. The van der Waals surface area contributed by atoms with Crippen molar-refractivity contribution >= 4 is 5.97 Å². The zero-order chi connectivity index (χ0) is 23.4. The minimum Gasteiger partial charge on any atom is -0.504 e. The van der Waals surface area contributed by atoms with Crippen LogP contribution in [0.25, 0.3) is 0 Å². The highest BCUT2D eigenvalue weighted by Gasteiger charge is 2.12. The van der Waals surface area contributed by atoms with Gasteiger partial charge in [-0.3, -0.25) is 4.79 Å². The van der Waals surface area contributed by atoms with Crippen LogP contribution in [0.1, 0.15) is 115 Å². The van der Waals surface area contributed by atoms with Gasteiger partial charge < -0.3 is 20.1 Å². The summed E-state index contributed by atoms with van der Waals surface area (Å²) in [6.07, 6.45) is 18.2. The lowest BCUT2D eigenvalue weighted by atomic mass is 10.0. The van der Waals surface area contributed by atoms with Crippen LogP contribution < -0.4 is 0 Å². The summed E-state index contributed by atoms with van der Waals surface area (Å²) in [5, 5.41) is 28.8. The SMILES string of the molecule is CCCCCCCCCCCCCCCC(O)CC(=O)OCCCc1ccc(O)c(O)c1. The second-order valence-corrected chi connectivity index (χ2v) is 9.04. The second-order valence-electron chi connectivity index (χ2n) is 9.04. The number of rotatable bonds is 20. The first-order chi connectivity index (χ1) is 15.5. The van der Waals surface area contributed by atoms with Crippen LogP contribution in [0.5, 0.6) is 11.5 Å². The number of benzene rings is 1. The fourth-order valence-corrected chi connectivity index (χ4v) is 3.94. The van der Waals surface area contributed by atoms with Gasteiger partial charge >= 0.3 is 5.97 Å². The van der Waals surface area contributed by atoms with Gasteiger partial charge in [0.1, 0.15) is 0 Å². The summed E-state index contributed by atoms with van der Waals surface area (Å²) in [6, 6.07) is 4.69. The Bertz CT molecular complexity index is 602. The summed E-state index contributed by atoms with van der Waals surface area (Å²) in [6.45, 7) is 2.54. The predicted molar refractivity (Wildman–Crippen MR) is 130 cm³/mol. The van der Waals surface area contributed by atoms with Crippen molar-refractivity contribution in [1.82, 2.24) is 0 Å². The van der Waals surface area contributed by atoms with Gasteiger partial charge in [-0.2, -0.15) is 0 Å². The molecule has 1 aromatic carbocycles. The van der Waals surface area contributed by atoms with Crippen molar-refractivity contribution < 1.29 is 24.9 Å². The number of aliphatic hydroxyl groups is 1. The number of phenolic OH excluding ortho intramolecular Hbond substituents is 2. The van der Waals surface area contributed by atoms with Crippen molar-refractivity contribution in [3.63, 3.8) is 0 Å². The van der Waals surface area contributed by atoms with Crippen LogP contribution in [-0.2, 0) is 16.0 Å². The van der Waals surface area contributed by atoms with Crippen molar-refractivity contribution in [2.24, 2.45) is 0 Å². The highest BCUT2D eigenvalue weighted by Crippen LogP contribution is 2.25. The lowest BCUT2D eigenvalue weighted by molar-refractivity contribution is -0.146. The number of unbranched alkanes of at least 4 members (excludes halogenated alkanes) is 12. The van der Waals surface area contributed by atoms with Gasteiger partial charge in [0.05, 0.1) is 19.1 Å². The molecule has 0 heterocycles. The van der Waals surface area contributed by atoms with Gasteiger partial charge in [0.25, 0.3) is 0 Å². The molecule has 0 fully saturated rings. The van der Waals surface area contributed by atoms with Crippen molar-refractivity contribution in [3.8, 4) is 11.5 Å². The van der Waals surface area contributed by atoms with E-state index in [-0.39, 0.29) is 30.5 Å². The van der Waals surface area contributed by atoms with Crippen LogP contribution in [0, 0.1) is 0 Å². The van der Waals surface area contributed by atoms with E-state index in [1.807, 2.05) is 0 Å². The van der Waals surface area contributed by atoms with E-state index >= 15 is 0 Å². The van der Waals surface area contributed by atoms with Crippen molar-refractivity contribution in [1.29, 1.82) is 0 Å². The average molecular weight is 451 g/mol. The van der Waals surface area contributed by atoms with E-state index in [0.717, 1.165) is 18.4 Å². The van der Waals surface area contributed by atoms with Crippen molar-refractivity contribution in [2.45, 2.75) is 122 Å². The van der Waals surface area contributed by atoms with Crippen LogP contribution in [0.2, 0.25) is 0 Å². The highest BCUT2D eigenvalue weighted by atomic mass is 16.5. The number of phenols is 2. The molecular formula is C27H46O5. The van der Waals surface area contributed by atoms with E-state index in [1.54, 1.807) is 6.07 Å². The summed E-state index contributed by atoms with van der Waals surface area (Å²) in [5.74, 6) is -0.644. The predicted octanol–water partition coefficient (Wildman–Crippen LogP) is 6.81. The molecule has 0 spiro atoms. The van der Waals surface area contributed by atoms with Gasteiger partial charge in [0.2, 0.25) is 0 Å². The average Bonchev–Trinajstić information content (AvgIpc) is 2.77. The molecule has 184 valence electrons. The van der Waals surface area contributed by atoms with Crippen LogP contribution in [-0.4, -0.2) is 34.0 Å². The number of hydrogen-bond donors (Lipinski definition) is 3. The number of carbonyl (C=O) groups excluding carboxylic acids is 1. The Balaban J connectivity index is 1.90. The summed E-state index contributed by atoms with van der Waals surface area (Å²) in [4.78, 5) is 11.8. The van der Waals surface area contributed by atoms with Gasteiger partial charge in [0, 0.05) is 0 Å². The Morgan fingerprint density at radius 1 is 0.812 bits per heavy atom. The fourth-order valence-electron chi connectivity index (χ4n) is 3.94. The molecule has 5 heteroatoms. The summed E-state index contributed by atoms with van der Waals surface area (Å²) >= 11 is 0. The number of carbonyl (C=O) groups is 1. The summed E-state index contributed by atoms with van der Waals surface area (Å²) in [5.41, 5.74) is 0.874. The first-order valence-corrected chi connectivity index (χ1v) is 12.9. The second kappa shape index (κ2) is 18.8. The molecule has 0 aliphatic carbocycles. The molecule has 0 saturated carbocycles. The third-order valence-electron chi connectivity index (χ3n) is 5.96. The zero-order valence-corrected chi connectivity index (χ0v) is 20.2. The number of esters is 1. The molecule has 1 atom stereocenters. The van der Waals surface area contributed by atoms with Gasteiger partial charge in [-0.25, -0.2) is 0 Å². The number of aromatic hydroxyl groups is 2. The standard InChI is InChI=1S/C27H46O5/c1-2-3-4-5-6-7-8-9-10-11-12-13-14-17-24(28)22-27(31)32-20-15-16-23-18-19-25(29)26(30)21-23/h18-19,21,24,28-30H,2-17,20,22H2,1H3. The molecule has 1 rings (SSSR count). The van der Waals surface area contributed by atoms with Crippen molar-refractivity contribution in [2.75, 3.05) is 6.61 Å². The van der Waals surface area contributed by atoms with Crippen LogP contribution in [0.4, 0.5) is 0 Å². The molecule has 0 bridgehead atoms. The maximum absolute atomic E-state index is 11.8. The van der Waals surface area contributed by atoms with E-state index in [4.69, 9.17) is 4.74 Å². The minimum atomic E-state index is -0.621. The van der Waals surface area contributed by atoms with E-state index in [1.165, 1.54) is 82.8 Å². The quantitative estimate of drug-likeness (QED) is 0.115. The molecule has 0 amide bonds. The molecule has 1 unspecified atom stereocenters. The van der Waals surface area contributed by atoms with Crippen LogP contribution in [0.15, 0.2) is 18.2 Å². The van der Waals surface area contributed by atoms with E-state index in [9.17, 15) is 20.1 Å². The smallest absolute Gasteiger partial charge is 0.308 e. The summed E-state index contributed by atoms with van der Waals surface area (Å²) < 4.78 is 5.20. The molecule has 0 saturated heterocycles. The molecule has 32 heavy (non-hydrogen) atoms. The first-order valence-electron chi connectivity index (χ1n) is 12.9. The number of ether oxygens (including phenoxy) is 1. The lowest BCUT2D eigenvalue weighted by Crippen LogP contribution is -2.16. The normalized spacial score (nSPS) is 12.1. The number of aliphatic hydroxyl groups excluding tert-OH is 1. The molecule has 0 radical (unpaired) electrons. The van der Waals surface area contributed by atoms with E-state index in [2.05, 4.69) is 6.92 Å². The van der Waals surface area contributed by atoms with Gasteiger partial charge in [-0.05, 0) is 37.0 Å². The Labute approximate surface area is 195 Å². The van der Waals surface area contributed by atoms with E-state index in [0.29, 0.717) is 19.3 Å². The highest BCUT2D eigenvalue weighted by molar-refractivity contribution is 5.69. The minimum absolute atomic E-state index is 0.0538. The fraction of sp³-hybridized carbons (Fsp3) is 0.741. The van der Waals surface area contributed by atoms with Crippen LogP contribution in [0.3, 0.4) is 0 Å². The summed E-state index contributed by atoms with van der Waals surface area (Å²) in [7, 11) is 0. The monoisotopic (exact) mass is 450 g/mol. The molecule has 0 aromatic heterocycles. The lowest BCUT2D eigenvalue weighted by Gasteiger charge is -2.10. The van der Waals surface area contributed by atoms with Gasteiger partial charge in [-0.15, -0.1) is 0 Å². The Hall–Kier alpha value is -1.75. The number of hydrogen-bond acceptors (Lipinski definition) is 5. The van der Waals surface area contributed by atoms with Gasteiger partial charge in [0.15, 0.2) is 11.5 Å². The zero-order valence-electron chi connectivity index (χ0n) is 20.2. The Kier molecular flexibility index (Phi) is 16.6. The van der Waals surface area contributed by atoms with E-state index < -0.39 is 6.10 Å². The largest absolute Gasteiger partial charge is 0.504 e. The Morgan fingerprint density at radius 3 is 1.94 bits per heavy atom. The first kappa shape index (κ1) is 28.3. The third kappa shape index (κ3) is 15.1. The molecule has 0 aliphatic rings. The Morgan fingerprint density at radius 2 is 1.38 bits per heavy atom. The maximum Gasteiger partial charge on any atom is 0.308 e.